The fourth-order valence-electron chi connectivity index (χ4n) is 2.31. The van der Waals surface area contributed by atoms with Crippen LogP contribution in [0.5, 0.6) is 23.1 Å². The smallest absolute Gasteiger partial charge is 0.256 e. The second kappa shape index (κ2) is 6.76. The number of rotatable bonds is 5. The third kappa shape index (κ3) is 3.10. The van der Waals surface area contributed by atoms with Crippen molar-refractivity contribution in [1.82, 2.24) is 9.97 Å². The fourth-order valence-corrected chi connectivity index (χ4v) is 2.31. The molecule has 3 aromatic rings. The van der Waals surface area contributed by atoms with E-state index in [4.69, 9.17) is 14.2 Å². The molecule has 0 aliphatic rings. The average molecular weight is 347 g/mol. The average Bonchev–Trinajstić information content (AvgIpc) is 2.64. The zero-order valence-electron chi connectivity index (χ0n) is 13.8. The highest BCUT2D eigenvalue weighted by molar-refractivity contribution is 5.88. The first kappa shape index (κ1) is 16.7. The molecule has 25 heavy (non-hydrogen) atoms. The Labute approximate surface area is 142 Å². The molecule has 130 valence electrons. The van der Waals surface area contributed by atoms with Gasteiger partial charge in [-0.25, -0.2) is 13.8 Å². The molecule has 0 unspecified atom stereocenters. The van der Waals surface area contributed by atoms with Gasteiger partial charge in [-0.15, -0.1) is 0 Å². The summed E-state index contributed by atoms with van der Waals surface area (Å²) in [6.45, 7) is 0. The van der Waals surface area contributed by atoms with Gasteiger partial charge in [0.1, 0.15) is 0 Å². The molecule has 3 rings (SSSR count). The van der Waals surface area contributed by atoms with Gasteiger partial charge >= 0.3 is 0 Å². The van der Waals surface area contributed by atoms with E-state index in [1.54, 1.807) is 13.1 Å². The van der Waals surface area contributed by atoms with Gasteiger partial charge in [0.25, 0.3) is 5.88 Å². The summed E-state index contributed by atoms with van der Waals surface area (Å²) in [5.41, 5.74) is 0.873. The minimum absolute atomic E-state index is 0.199. The Hall–Kier alpha value is -3.16. The molecule has 0 fully saturated rings. The van der Waals surface area contributed by atoms with E-state index in [2.05, 4.69) is 15.3 Å². The highest BCUT2D eigenvalue weighted by Crippen LogP contribution is 2.38. The van der Waals surface area contributed by atoms with Gasteiger partial charge in [-0.05, 0) is 6.07 Å². The monoisotopic (exact) mass is 347 g/mol. The molecule has 0 amide bonds. The molecular weight excluding hydrogens is 332 g/mol. The van der Waals surface area contributed by atoms with Crippen LogP contribution in [0.2, 0.25) is 0 Å². The zero-order valence-corrected chi connectivity index (χ0v) is 13.8. The highest BCUT2D eigenvalue weighted by Gasteiger charge is 2.18. The number of aromatic nitrogens is 2. The molecule has 6 nitrogen and oxygen atoms in total. The van der Waals surface area contributed by atoms with E-state index < -0.39 is 11.6 Å². The van der Waals surface area contributed by atoms with Crippen molar-refractivity contribution in [3.05, 3.63) is 42.2 Å². The summed E-state index contributed by atoms with van der Waals surface area (Å²) in [6.07, 6.45) is 2.37. The second-order valence-electron chi connectivity index (χ2n) is 5.02. The van der Waals surface area contributed by atoms with Crippen LogP contribution in [0.4, 0.5) is 14.5 Å². The van der Waals surface area contributed by atoms with Crippen LogP contribution in [0.15, 0.2) is 30.6 Å². The first-order chi connectivity index (χ1) is 12.1. The highest BCUT2D eigenvalue weighted by atomic mass is 19.1. The lowest BCUT2D eigenvalue weighted by Gasteiger charge is -2.13. The number of methoxy groups -OCH3 is 2. The second-order valence-corrected chi connectivity index (χ2v) is 5.02. The van der Waals surface area contributed by atoms with E-state index in [0.29, 0.717) is 28.1 Å². The van der Waals surface area contributed by atoms with E-state index in [9.17, 15) is 8.78 Å². The van der Waals surface area contributed by atoms with Crippen LogP contribution >= 0.6 is 0 Å². The Morgan fingerprint density at radius 3 is 2.28 bits per heavy atom. The number of pyridine rings is 2. The van der Waals surface area contributed by atoms with Crippen molar-refractivity contribution in [2.75, 3.05) is 26.6 Å². The Balaban J connectivity index is 2.13. The van der Waals surface area contributed by atoms with E-state index in [1.807, 2.05) is 0 Å². The van der Waals surface area contributed by atoms with E-state index in [-0.39, 0.29) is 11.6 Å². The third-order valence-corrected chi connectivity index (χ3v) is 3.58. The minimum Gasteiger partial charge on any atom is -0.493 e. The SMILES string of the molecule is CNc1cnc(Oc2c(F)cnc3cc(OC)c(OC)cc23)c(F)c1. The van der Waals surface area contributed by atoms with E-state index >= 15 is 0 Å². The van der Waals surface area contributed by atoms with Crippen molar-refractivity contribution in [2.24, 2.45) is 0 Å². The third-order valence-electron chi connectivity index (χ3n) is 3.58. The largest absolute Gasteiger partial charge is 0.493 e. The normalized spacial score (nSPS) is 10.6. The molecule has 0 atom stereocenters. The molecule has 0 aliphatic heterocycles. The maximum absolute atomic E-state index is 14.3. The lowest BCUT2D eigenvalue weighted by atomic mass is 10.1. The summed E-state index contributed by atoms with van der Waals surface area (Å²) in [5, 5.41) is 3.06. The number of hydrogen-bond acceptors (Lipinski definition) is 6. The van der Waals surface area contributed by atoms with Crippen LogP contribution in [-0.2, 0) is 0 Å². The summed E-state index contributed by atoms with van der Waals surface area (Å²) >= 11 is 0. The number of ether oxygens (including phenoxy) is 3. The van der Waals surface area contributed by atoms with Crippen LogP contribution in [0.1, 0.15) is 0 Å². The zero-order chi connectivity index (χ0) is 18.0. The number of nitrogens with zero attached hydrogens (tertiary/aromatic N) is 2. The standard InChI is InChI=1S/C17H15F2N3O3/c1-20-9-4-11(18)17(22-7-9)25-16-10-5-14(23-2)15(24-3)6-13(10)21-8-12(16)19/h4-8,20H,1-3H3. The molecule has 0 saturated heterocycles. The van der Waals surface area contributed by atoms with Gasteiger partial charge in [0, 0.05) is 19.2 Å². The predicted octanol–water partition coefficient (Wildman–Crippen LogP) is 3.76. The Bertz CT molecular complexity index is 935. The first-order valence-corrected chi connectivity index (χ1v) is 7.28. The van der Waals surface area contributed by atoms with Crippen LogP contribution in [0.3, 0.4) is 0 Å². The maximum Gasteiger partial charge on any atom is 0.256 e. The Kier molecular flexibility index (Phi) is 4.51. The number of anilines is 1. The van der Waals surface area contributed by atoms with Crippen molar-refractivity contribution in [3.63, 3.8) is 0 Å². The van der Waals surface area contributed by atoms with Gasteiger partial charge in [0.05, 0.1) is 43.2 Å². The van der Waals surface area contributed by atoms with Crippen LogP contribution in [0, 0.1) is 11.6 Å². The van der Waals surface area contributed by atoms with Gasteiger partial charge in [-0.1, -0.05) is 0 Å². The number of hydrogen-bond donors (Lipinski definition) is 1. The molecule has 0 radical (unpaired) electrons. The van der Waals surface area contributed by atoms with Crippen molar-refractivity contribution < 1.29 is 23.0 Å². The van der Waals surface area contributed by atoms with Gasteiger partial charge in [0.2, 0.25) is 0 Å². The summed E-state index contributed by atoms with van der Waals surface area (Å²) in [4.78, 5) is 7.87. The lowest BCUT2D eigenvalue weighted by Crippen LogP contribution is -1.99. The fraction of sp³-hybridized carbons (Fsp3) is 0.176. The molecule has 2 heterocycles. The number of fused-ring (bicyclic) bond motifs is 1. The summed E-state index contributed by atoms with van der Waals surface area (Å²) in [6, 6.07) is 4.29. The maximum atomic E-state index is 14.3. The van der Waals surface area contributed by atoms with E-state index in [0.717, 1.165) is 6.20 Å². The first-order valence-electron chi connectivity index (χ1n) is 7.28. The van der Waals surface area contributed by atoms with Gasteiger partial charge in [0.15, 0.2) is 28.9 Å². The number of nitrogens with one attached hydrogen (secondary N) is 1. The van der Waals surface area contributed by atoms with Crippen LogP contribution in [0.25, 0.3) is 10.9 Å². The lowest BCUT2D eigenvalue weighted by molar-refractivity contribution is 0.355. The topological polar surface area (TPSA) is 65.5 Å². The van der Waals surface area contributed by atoms with Crippen LogP contribution < -0.4 is 19.5 Å². The molecule has 2 aromatic heterocycles. The number of halogens is 2. The quantitative estimate of drug-likeness (QED) is 0.758. The van der Waals surface area contributed by atoms with Gasteiger partial charge in [-0.3, -0.25) is 4.98 Å². The molecule has 1 aromatic carbocycles. The van der Waals surface area contributed by atoms with Crippen molar-refractivity contribution in [2.45, 2.75) is 0 Å². The summed E-state index contributed by atoms with van der Waals surface area (Å²) in [7, 11) is 4.56. The van der Waals surface area contributed by atoms with Crippen molar-refractivity contribution in [3.8, 4) is 23.1 Å². The summed E-state index contributed by atoms with van der Waals surface area (Å²) in [5.74, 6) is -1.22. The van der Waals surface area contributed by atoms with E-state index in [1.165, 1.54) is 32.5 Å². The molecule has 0 spiro atoms. The molecule has 0 bridgehead atoms. The Morgan fingerprint density at radius 2 is 1.64 bits per heavy atom. The minimum atomic E-state index is -0.751. The van der Waals surface area contributed by atoms with Crippen molar-refractivity contribution in [1.29, 1.82) is 0 Å². The van der Waals surface area contributed by atoms with Crippen molar-refractivity contribution >= 4 is 16.6 Å². The molecule has 0 aliphatic carbocycles. The summed E-state index contributed by atoms with van der Waals surface area (Å²) < 4.78 is 44.2. The predicted molar refractivity (Wildman–Crippen MR) is 88.6 cm³/mol. The molecule has 8 heteroatoms. The van der Waals surface area contributed by atoms with Gasteiger partial charge < -0.3 is 19.5 Å². The van der Waals surface area contributed by atoms with Gasteiger partial charge in [-0.2, -0.15) is 0 Å². The molecular formula is C17H15F2N3O3. The molecule has 0 saturated carbocycles. The number of benzene rings is 1. The van der Waals surface area contributed by atoms with Crippen LogP contribution in [-0.4, -0.2) is 31.2 Å². The Morgan fingerprint density at radius 1 is 0.920 bits per heavy atom. The molecule has 1 N–H and O–H groups in total.